The minimum atomic E-state index is -3.63. The van der Waals surface area contributed by atoms with Crippen LogP contribution >= 0.6 is 12.4 Å². The normalized spacial score (nSPS) is 21.0. The van der Waals surface area contributed by atoms with E-state index >= 15 is 0 Å². The third-order valence-corrected chi connectivity index (χ3v) is 7.22. The molecule has 0 saturated carbocycles. The van der Waals surface area contributed by atoms with Crippen molar-refractivity contribution in [2.75, 3.05) is 23.6 Å². The van der Waals surface area contributed by atoms with Crippen LogP contribution in [0.15, 0.2) is 29.2 Å². The van der Waals surface area contributed by atoms with Gasteiger partial charge in [-0.3, -0.25) is 4.72 Å². The second-order valence-electron chi connectivity index (χ2n) is 6.50. The molecular formula is C16H28ClN3O4S2. The monoisotopic (exact) mass is 425 g/mol. The molecule has 0 aliphatic carbocycles. The molecule has 7 nitrogen and oxygen atoms in total. The van der Waals surface area contributed by atoms with Gasteiger partial charge in [0.2, 0.25) is 20.0 Å². The highest BCUT2D eigenvalue weighted by Gasteiger charge is 2.26. The van der Waals surface area contributed by atoms with Crippen LogP contribution < -0.4 is 14.8 Å². The number of piperidine rings is 1. The second-order valence-corrected chi connectivity index (χ2v) is 10.1. The maximum atomic E-state index is 12.5. The highest BCUT2D eigenvalue weighted by atomic mass is 35.5. The highest BCUT2D eigenvalue weighted by molar-refractivity contribution is 7.92. The number of halogens is 1. The Balaban J connectivity index is 0.00000338. The summed E-state index contributed by atoms with van der Waals surface area (Å²) in [6, 6.07) is 5.63. The van der Waals surface area contributed by atoms with Gasteiger partial charge >= 0.3 is 0 Å². The lowest BCUT2D eigenvalue weighted by Gasteiger charge is -2.29. The SMILES string of the molecule is CCCCS(=O)(=O)Nc1ccc(S(=O)(=O)NC2CNCCC2C)cc1.Cl. The van der Waals surface area contributed by atoms with Crippen molar-refractivity contribution in [2.24, 2.45) is 5.92 Å². The van der Waals surface area contributed by atoms with Crippen LogP contribution in [0.25, 0.3) is 0 Å². The molecule has 1 aromatic carbocycles. The summed E-state index contributed by atoms with van der Waals surface area (Å²) < 4.78 is 54.0. The molecule has 150 valence electrons. The van der Waals surface area contributed by atoms with Gasteiger partial charge in [-0.25, -0.2) is 21.6 Å². The van der Waals surface area contributed by atoms with E-state index < -0.39 is 20.0 Å². The zero-order chi connectivity index (χ0) is 18.5. The molecule has 0 aromatic heterocycles. The maximum absolute atomic E-state index is 12.5. The molecule has 0 bridgehead atoms. The van der Waals surface area contributed by atoms with Crippen LogP contribution in [0.4, 0.5) is 5.69 Å². The summed E-state index contributed by atoms with van der Waals surface area (Å²) in [6.07, 6.45) is 2.29. The summed E-state index contributed by atoms with van der Waals surface area (Å²) in [7, 11) is -7.03. The van der Waals surface area contributed by atoms with Crippen molar-refractivity contribution in [1.82, 2.24) is 10.0 Å². The van der Waals surface area contributed by atoms with Crippen LogP contribution in [0.2, 0.25) is 0 Å². The van der Waals surface area contributed by atoms with E-state index in [1.807, 2.05) is 13.8 Å². The first-order valence-electron chi connectivity index (χ1n) is 8.57. The molecule has 2 atom stereocenters. The molecule has 0 amide bonds. The lowest BCUT2D eigenvalue weighted by Crippen LogP contribution is -2.50. The summed E-state index contributed by atoms with van der Waals surface area (Å²) in [6.45, 7) is 5.45. The number of hydrogen-bond donors (Lipinski definition) is 3. The van der Waals surface area contributed by atoms with Gasteiger partial charge in [-0.2, -0.15) is 0 Å². The van der Waals surface area contributed by atoms with Gasteiger partial charge in [0, 0.05) is 18.3 Å². The standard InChI is InChI=1S/C16H27N3O4S2.ClH/c1-3-4-11-24(20,21)18-14-5-7-15(8-6-14)25(22,23)19-16-12-17-10-9-13(16)2;/h5-8,13,16-19H,3-4,9-12H2,1-2H3;1H. The van der Waals surface area contributed by atoms with Gasteiger partial charge in [-0.1, -0.05) is 20.3 Å². The van der Waals surface area contributed by atoms with Crippen molar-refractivity contribution in [2.45, 2.75) is 44.0 Å². The highest BCUT2D eigenvalue weighted by Crippen LogP contribution is 2.18. The number of sulfonamides is 2. The predicted molar refractivity (Wildman–Crippen MR) is 107 cm³/mol. The Hall–Kier alpha value is -0.870. The van der Waals surface area contributed by atoms with Crippen molar-refractivity contribution in [1.29, 1.82) is 0 Å². The van der Waals surface area contributed by atoms with E-state index in [-0.39, 0.29) is 35.0 Å². The molecule has 0 spiro atoms. The molecule has 1 aromatic rings. The van der Waals surface area contributed by atoms with Crippen LogP contribution in [0.3, 0.4) is 0 Å². The molecule has 26 heavy (non-hydrogen) atoms. The minimum Gasteiger partial charge on any atom is -0.315 e. The van der Waals surface area contributed by atoms with Gasteiger partial charge in [0.15, 0.2) is 0 Å². The van der Waals surface area contributed by atoms with Crippen LogP contribution in [-0.2, 0) is 20.0 Å². The van der Waals surface area contributed by atoms with E-state index in [9.17, 15) is 16.8 Å². The first-order chi connectivity index (χ1) is 11.7. The fraction of sp³-hybridized carbons (Fsp3) is 0.625. The van der Waals surface area contributed by atoms with Gasteiger partial charge in [-0.05, 0) is 49.6 Å². The summed E-state index contributed by atoms with van der Waals surface area (Å²) in [5.41, 5.74) is 0.364. The number of benzene rings is 1. The molecule has 10 heteroatoms. The van der Waals surface area contributed by atoms with E-state index in [0.717, 1.165) is 19.4 Å². The average Bonchev–Trinajstić information content (AvgIpc) is 2.55. The Morgan fingerprint density at radius 3 is 2.38 bits per heavy atom. The van der Waals surface area contributed by atoms with Crippen molar-refractivity contribution < 1.29 is 16.8 Å². The predicted octanol–water partition coefficient (Wildman–Crippen LogP) is 1.93. The van der Waals surface area contributed by atoms with Gasteiger partial charge in [0.1, 0.15) is 0 Å². The smallest absolute Gasteiger partial charge is 0.240 e. The van der Waals surface area contributed by atoms with Gasteiger partial charge < -0.3 is 5.32 Å². The maximum Gasteiger partial charge on any atom is 0.240 e. The molecule has 3 N–H and O–H groups in total. The first-order valence-corrected chi connectivity index (χ1v) is 11.7. The topological polar surface area (TPSA) is 104 Å². The zero-order valence-electron chi connectivity index (χ0n) is 15.1. The Bertz CT molecular complexity index is 767. The lowest BCUT2D eigenvalue weighted by atomic mass is 9.96. The second kappa shape index (κ2) is 9.89. The van der Waals surface area contributed by atoms with Gasteiger partial charge in [0.25, 0.3) is 0 Å². The third kappa shape index (κ3) is 6.70. The van der Waals surface area contributed by atoms with Crippen LogP contribution in [0.1, 0.15) is 33.1 Å². The lowest BCUT2D eigenvalue weighted by molar-refractivity contribution is 0.327. The minimum absolute atomic E-state index is 0. The molecular weight excluding hydrogens is 398 g/mol. The van der Waals surface area contributed by atoms with Crippen molar-refractivity contribution in [3.8, 4) is 0 Å². The summed E-state index contributed by atoms with van der Waals surface area (Å²) in [5.74, 6) is 0.318. The largest absolute Gasteiger partial charge is 0.315 e. The van der Waals surface area contributed by atoms with E-state index in [1.165, 1.54) is 24.3 Å². The first kappa shape index (κ1) is 23.2. The zero-order valence-corrected chi connectivity index (χ0v) is 17.5. The number of rotatable bonds is 8. The molecule has 1 fully saturated rings. The quantitative estimate of drug-likeness (QED) is 0.590. The molecule has 1 heterocycles. The fourth-order valence-corrected chi connectivity index (χ4v) is 5.29. The van der Waals surface area contributed by atoms with E-state index in [4.69, 9.17) is 0 Å². The molecule has 0 radical (unpaired) electrons. The Kier molecular flexibility index (Phi) is 8.81. The molecule has 1 aliphatic rings. The Morgan fingerprint density at radius 2 is 1.81 bits per heavy atom. The van der Waals surface area contributed by atoms with Gasteiger partial charge in [0.05, 0.1) is 10.6 Å². The number of nitrogens with one attached hydrogen (secondary N) is 3. The third-order valence-electron chi connectivity index (χ3n) is 4.34. The van der Waals surface area contributed by atoms with Crippen molar-refractivity contribution in [3.63, 3.8) is 0 Å². The van der Waals surface area contributed by atoms with E-state index in [0.29, 0.717) is 18.7 Å². The number of hydrogen-bond acceptors (Lipinski definition) is 5. The molecule has 2 unspecified atom stereocenters. The van der Waals surface area contributed by atoms with Crippen LogP contribution in [0.5, 0.6) is 0 Å². The fourth-order valence-electron chi connectivity index (χ4n) is 2.68. The molecule has 2 rings (SSSR count). The van der Waals surface area contributed by atoms with Crippen molar-refractivity contribution >= 4 is 38.1 Å². The number of unbranched alkanes of at least 4 members (excludes halogenated alkanes) is 1. The Morgan fingerprint density at radius 1 is 1.15 bits per heavy atom. The summed E-state index contributed by atoms with van der Waals surface area (Å²) >= 11 is 0. The van der Waals surface area contributed by atoms with Crippen LogP contribution in [-0.4, -0.2) is 41.7 Å². The molecule has 1 saturated heterocycles. The van der Waals surface area contributed by atoms with Crippen molar-refractivity contribution in [3.05, 3.63) is 24.3 Å². The van der Waals surface area contributed by atoms with E-state index in [1.54, 1.807) is 0 Å². The summed E-state index contributed by atoms with van der Waals surface area (Å²) in [5, 5.41) is 3.19. The molecule has 1 aliphatic heterocycles. The summed E-state index contributed by atoms with van der Waals surface area (Å²) in [4.78, 5) is 0.127. The van der Waals surface area contributed by atoms with Crippen LogP contribution in [0, 0.1) is 5.92 Å². The average molecular weight is 426 g/mol. The Labute approximate surface area is 162 Å². The van der Waals surface area contributed by atoms with E-state index in [2.05, 4.69) is 14.8 Å². The van der Waals surface area contributed by atoms with Gasteiger partial charge in [-0.15, -0.1) is 12.4 Å². The number of anilines is 1.